The predicted octanol–water partition coefficient (Wildman–Crippen LogP) is 7.73. The summed E-state index contributed by atoms with van der Waals surface area (Å²) in [7, 11) is -8.91. The van der Waals surface area contributed by atoms with Gasteiger partial charge in [0.05, 0.1) is 52.4 Å². The van der Waals surface area contributed by atoms with Crippen LogP contribution in [0.2, 0.25) is 50.4 Å². The molecule has 0 aliphatic carbocycles. The second-order valence-corrected chi connectivity index (χ2v) is 29.8. The van der Waals surface area contributed by atoms with Crippen molar-refractivity contribution in [2.75, 3.05) is 126 Å². The van der Waals surface area contributed by atoms with E-state index in [1.165, 1.54) is 0 Å². The summed E-state index contributed by atoms with van der Waals surface area (Å²) in [4.78, 5) is 0. The zero-order valence-corrected chi connectivity index (χ0v) is 47.0. The molecule has 386 valence electrons. The average molecular weight is 996 g/mol. The smallest absolute Gasteiger partial charge is 0.334 e. The molecule has 0 aromatic rings. The van der Waals surface area contributed by atoms with Gasteiger partial charge in [-0.05, 0) is 138 Å². The molecule has 0 aromatic heterocycles. The van der Waals surface area contributed by atoms with Crippen molar-refractivity contribution in [1.29, 1.82) is 0 Å². The Bertz CT molecular complexity index is 942. The van der Waals surface area contributed by atoms with Crippen molar-refractivity contribution >= 4 is 34.2 Å². The minimum atomic E-state index is -2.26. The Kier molecular flexibility index (Phi) is 40.2. The summed E-state index contributed by atoms with van der Waals surface area (Å²) in [6, 6.07) is 3.35. The summed E-state index contributed by atoms with van der Waals surface area (Å²) in [5.74, 6) is 0. The van der Waals surface area contributed by atoms with Gasteiger partial charge < -0.3 is 73.7 Å². The molecule has 0 amide bonds. The largest absolute Gasteiger partial charge is 0.395 e. The number of aliphatic hydroxyl groups excluding tert-OH is 1. The topological polar surface area (TPSA) is 159 Å². The van der Waals surface area contributed by atoms with Crippen LogP contribution in [0.25, 0.3) is 0 Å². The van der Waals surface area contributed by atoms with E-state index in [2.05, 4.69) is 26.2 Å². The number of hydrogen-bond donors (Lipinski definition) is 1. The minimum Gasteiger partial charge on any atom is -0.395 e. The Balaban J connectivity index is 5.59. The second kappa shape index (κ2) is 40.0. The molecule has 0 aromatic carbocycles. The molecular formula is C44H98O16Si4. The predicted molar refractivity (Wildman–Crippen MR) is 261 cm³/mol. The van der Waals surface area contributed by atoms with Gasteiger partial charge in [0.2, 0.25) is 0 Å². The lowest BCUT2D eigenvalue weighted by molar-refractivity contribution is -0.130. The Labute approximate surface area is 394 Å². The summed E-state index contributed by atoms with van der Waals surface area (Å²) in [6.07, 6.45) is 1.41. The van der Waals surface area contributed by atoms with E-state index in [9.17, 15) is 5.11 Å². The third kappa shape index (κ3) is 33.7. The number of hydrogen-bond acceptors (Lipinski definition) is 16. The van der Waals surface area contributed by atoms with Gasteiger partial charge in [-0.25, -0.2) is 0 Å². The van der Waals surface area contributed by atoms with Crippen molar-refractivity contribution in [2.45, 2.75) is 163 Å². The number of rotatable bonds is 49. The molecule has 0 aliphatic heterocycles. The first-order valence-electron chi connectivity index (χ1n) is 24.6. The van der Waals surface area contributed by atoms with Crippen LogP contribution in [0.5, 0.6) is 0 Å². The lowest BCUT2D eigenvalue weighted by Gasteiger charge is -2.27. The highest BCUT2D eigenvalue weighted by molar-refractivity contribution is 6.67. The van der Waals surface area contributed by atoms with Gasteiger partial charge in [-0.1, -0.05) is 0 Å². The van der Waals surface area contributed by atoms with Crippen molar-refractivity contribution in [3.05, 3.63) is 0 Å². The Morgan fingerprint density at radius 1 is 0.344 bits per heavy atom. The summed E-state index contributed by atoms with van der Waals surface area (Å²) >= 11 is 0. The normalized spacial score (nSPS) is 14.9. The van der Waals surface area contributed by atoms with Crippen LogP contribution in [0.3, 0.4) is 0 Å². The van der Waals surface area contributed by atoms with Crippen molar-refractivity contribution in [2.24, 2.45) is 0 Å². The standard InChI is InChI=1S/C44H98O16Si4/c1-14-53-61(10,54-15-2)30-22-26-46-34-41(9)50-39-43(37-48-28-24-32-63(12,57-18-5)58-19-6)52-40-44(38-49-29-25-33-64(13,59-20-7)60-21-8)51-36-42(45)35-47-27-23-31-62(11,55-16-3)56-17-4/h41-45H,14-40H2,1-13H3. The third-order valence-corrected chi connectivity index (χ3v) is 22.4. The second-order valence-electron chi connectivity index (χ2n) is 16.4. The maximum Gasteiger partial charge on any atom is 0.334 e. The fourth-order valence-corrected chi connectivity index (χ4v) is 16.7. The quantitative estimate of drug-likeness (QED) is 0.0466. The molecule has 0 saturated carbocycles. The molecule has 1 N–H and O–H groups in total. The van der Waals surface area contributed by atoms with E-state index >= 15 is 0 Å². The molecule has 0 rings (SSSR count). The monoisotopic (exact) mass is 995 g/mol. The van der Waals surface area contributed by atoms with Crippen LogP contribution in [-0.2, 0) is 68.6 Å². The van der Waals surface area contributed by atoms with Gasteiger partial charge in [0.25, 0.3) is 0 Å². The van der Waals surface area contributed by atoms with Gasteiger partial charge in [0, 0.05) is 79.3 Å². The molecule has 4 unspecified atom stereocenters. The summed E-state index contributed by atoms with van der Waals surface area (Å²) in [5.41, 5.74) is 0. The molecule has 0 saturated heterocycles. The van der Waals surface area contributed by atoms with E-state index in [0.717, 1.165) is 49.9 Å². The molecule has 16 nitrogen and oxygen atoms in total. The minimum absolute atomic E-state index is 0.0620. The SMILES string of the molecule is CCO[Si](C)(CCCOCC(O)COC(COCCC[Si](C)(OCC)OCC)COC(COCCC[Si](C)(OCC)OCC)COC(C)COCCC[Si](C)(OCC)OCC)OCC. The molecule has 20 heteroatoms. The first-order chi connectivity index (χ1) is 30.6. The first kappa shape index (κ1) is 64.2. The van der Waals surface area contributed by atoms with E-state index in [0.29, 0.717) is 99.1 Å². The average Bonchev–Trinajstić information content (AvgIpc) is 3.23. The summed E-state index contributed by atoms with van der Waals surface area (Å²) in [6.45, 7) is 35.3. The van der Waals surface area contributed by atoms with E-state index in [-0.39, 0.29) is 38.6 Å². The summed E-state index contributed by atoms with van der Waals surface area (Å²) in [5, 5.41) is 10.9. The highest BCUT2D eigenvalue weighted by Crippen LogP contribution is 2.19. The Morgan fingerprint density at radius 2 is 0.609 bits per heavy atom. The Hall–Kier alpha value is 0.228. The summed E-state index contributed by atoms with van der Waals surface area (Å²) < 4.78 is 91.1. The molecule has 0 bridgehead atoms. The lowest BCUT2D eigenvalue weighted by atomic mass is 10.3. The fourth-order valence-electron chi connectivity index (χ4n) is 7.21. The van der Waals surface area contributed by atoms with Crippen molar-refractivity contribution in [1.82, 2.24) is 0 Å². The molecule has 0 aliphatic rings. The molecule has 0 spiro atoms. The van der Waals surface area contributed by atoms with Crippen LogP contribution >= 0.6 is 0 Å². The van der Waals surface area contributed by atoms with Gasteiger partial charge in [-0.3, -0.25) is 0 Å². The molecular weight excluding hydrogens is 897 g/mol. The van der Waals surface area contributed by atoms with Crippen LogP contribution < -0.4 is 0 Å². The number of aliphatic hydroxyl groups is 1. The first-order valence-corrected chi connectivity index (χ1v) is 34.7. The van der Waals surface area contributed by atoms with Crippen LogP contribution in [0.15, 0.2) is 0 Å². The van der Waals surface area contributed by atoms with Crippen LogP contribution in [0.4, 0.5) is 0 Å². The maximum absolute atomic E-state index is 10.9. The van der Waals surface area contributed by atoms with E-state index < -0.39 is 46.5 Å². The van der Waals surface area contributed by atoms with E-state index in [1.807, 2.05) is 62.3 Å². The van der Waals surface area contributed by atoms with Crippen molar-refractivity contribution in [3.63, 3.8) is 0 Å². The molecule has 0 radical (unpaired) electrons. The fraction of sp³-hybridized carbons (Fsp3) is 1.00. The van der Waals surface area contributed by atoms with E-state index in [1.54, 1.807) is 0 Å². The zero-order valence-electron chi connectivity index (χ0n) is 43.0. The van der Waals surface area contributed by atoms with Gasteiger partial charge in [0.15, 0.2) is 0 Å². The highest BCUT2D eigenvalue weighted by Gasteiger charge is 2.33. The van der Waals surface area contributed by atoms with Gasteiger partial charge in [0.1, 0.15) is 18.3 Å². The van der Waals surface area contributed by atoms with Gasteiger partial charge >= 0.3 is 34.2 Å². The van der Waals surface area contributed by atoms with Gasteiger partial charge in [-0.2, -0.15) is 0 Å². The Morgan fingerprint density at radius 3 is 0.922 bits per heavy atom. The highest BCUT2D eigenvalue weighted by atomic mass is 28.4. The van der Waals surface area contributed by atoms with Crippen LogP contribution in [0.1, 0.15) is 88.0 Å². The zero-order chi connectivity index (χ0) is 48.0. The molecule has 64 heavy (non-hydrogen) atoms. The lowest BCUT2D eigenvalue weighted by Crippen LogP contribution is -2.39. The van der Waals surface area contributed by atoms with E-state index in [4.69, 9.17) is 68.6 Å². The number of ether oxygens (including phenoxy) is 7. The molecule has 0 fully saturated rings. The molecule has 0 heterocycles. The van der Waals surface area contributed by atoms with Crippen LogP contribution in [-0.4, -0.2) is 189 Å². The third-order valence-electron chi connectivity index (χ3n) is 10.2. The van der Waals surface area contributed by atoms with Crippen LogP contribution in [0, 0.1) is 0 Å². The van der Waals surface area contributed by atoms with Gasteiger partial charge in [-0.15, -0.1) is 0 Å². The molecule has 4 atom stereocenters. The van der Waals surface area contributed by atoms with Crippen molar-refractivity contribution in [3.8, 4) is 0 Å². The van der Waals surface area contributed by atoms with Crippen molar-refractivity contribution < 1.29 is 73.7 Å². The maximum atomic E-state index is 10.9.